The maximum Gasteiger partial charge on any atom is 0.333 e. The number of amides is 4. The number of hydrogen-bond acceptors (Lipinski definition) is 4. The van der Waals surface area contributed by atoms with Crippen LogP contribution in [0.4, 0.5) is 4.79 Å². The summed E-state index contributed by atoms with van der Waals surface area (Å²) >= 11 is 6.33. The molecule has 1 aromatic rings. The van der Waals surface area contributed by atoms with E-state index in [0.29, 0.717) is 22.9 Å². The van der Waals surface area contributed by atoms with E-state index >= 15 is 0 Å². The molecule has 1 saturated carbocycles. The quantitative estimate of drug-likeness (QED) is 0.387. The van der Waals surface area contributed by atoms with Gasteiger partial charge in [0.05, 0.1) is 11.6 Å². The Labute approximate surface area is 176 Å². The summed E-state index contributed by atoms with van der Waals surface area (Å²) in [5, 5.41) is 0.422. The van der Waals surface area contributed by atoms with Gasteiger partial charge < -0.3 is 4.74 Å². The van der Waals surface area contributed by atoms with Gasteiger partial charge in [0, 0.05) is 14.1 Å². The molecule has 0 unspecified atom stereocenters. The van der Waals surface area contributed by atoms with Crippen molar-refractivity contribution < 1.29 is 19.1 Å². The van der Waals surface area contributed by atoms with Crippen molar-refractivity contribution in [3.63, 3.8) is 0 Å². The molecule has 1 heterocycles. The molecule has 0 atom stereocenters. The number of ether oxygens (including phenoxy) is 1. The van der Waals surface area contributed by atoms with Gasteiger partial charge in [-0.3, -0.25) is 19.4 Å². The number of barbiturate groups is 1. The van der Waals surface area contributed by atoms with E-state index < -0.39 is 17.8 Å². The summed E-state index contributed by atoms with van der Waals surface area (Å²) < 4.78 is 5.82. The molecule has 156 valence electrons. The van der Waals surface area contributed by atoms with Crippen LogP contribution in [0.1, 0.15) is 50.5 Å². The summed E-state index contributed by atoms with van der Waals surface area (Å²) in [6.45, 7) is 0.616. The van der Waals surface area contributed by atoms with E-state index in [1.807, 2.05) is 0 Å². The van der Waals surface area contributed by atoms with Crippen molar-refractivity contribution in [2.24, 2.45) is 5.92 Å². The van der Waals surface area contributed by atoms with Gasteiger partial charge in [0.1, 0.15) is 11.3 Å². The highest BCUT2D eigenvalue weighted by Gasteiger charge is 2.37. The van der Waals surface area contributed by atoms with Crippen LogP contribution < -0.4 is 4.74 Å². The van der Waals surface area contributed by atoms with Crippen LogP contribution >= 0.6 is 11.6 Å². The lowest BCUT2D eigenvalue weighted by Crippen LogP contribution is -2.52. The predicted molar refractivity (Wildman–Crippen MR) is 112 cm³/mol. The van der Waals surface area contributed by atoms with E-state index in [2.05, 4.69) is 0 Å². The maximum atomic E-state index is 12.3. The number of likely N-dealkylation sites (N-methyl/N-ethyl adjacent to an activating group) is 2. The van der Waals surface area contributed by atoms with Crippen molar-refractivity contribution >= 4 is 35.5 Å². The van der Waals surface area contributed by atoms with Crippen LogP contribution in [-0.2, 0) is 9.59 Å². The molecule has 2 aliphatic rings. The summed E-state index contributed by atoms with van der Waals surface area (Å²) in [4.78, 5) is 38.2. The second-order valence-electron chi connectivity index (χ2n) is 7.75. The number of carbonyl (C=O) groups excluding carboxylic acids is 3. The third kappa shape index (κ3) is 4.99. The molecule has 1 saturated heterocycles. The fourth-order valence-corrected chi connectivity index (χ4v) is 4.14. The minimum absolute atomic E-state index is 0.0770. The van der Waals surface area contributed by atoms with Gasteiger partial charge in [-0.15, -0.1) is 0 Å². The summed E-state index contributed by atoms with van der Waals surface area (Å²) in [7, 11) is 2.69. The van der Waals surface area contributed by atoms with Crippen LogP contribution in [0, 0.1) is 5.92 Å². The maximum absolute atomic E-state index is 12.3. The molecule has 29 heavy (non-hydrogen) atoms. The van der Waals surface area contributed by atoms with Crippen molar-refractivity contribution in [1.29, 1.82) is 0 Å². The summed E-state index contributed by atoms with van der Waals surface area (Å²) in [6.07, 6.45) is 10.4. The number of nitrogens with zero attached hydrogens (tertiary/aromatic N) is 2. The minimum Gasteiger partial charge on any atom is -0.492 e. The number of hydrogen-bond donors (Lipinski definition) is 0. The van der Waals surface area contributed by atoms with Crippen molar-refractivity contribution in [2.75, 3.05) is 20.7 Å². The van der Waals surface area contributed by atoms with Crippen LogP contribution in [0.5, 0.6) is 5.75 Å². The first-order chi connectivity index (χ1) is 13.9. The standard InChI is InChI=1S/C22H27ClN2O4/c1-24-20(26)17(21(27)25(2)22(24)28)13-16-10-11-19(18(23)14-16)29-12-6-9-15-7-4-3-5-8-15/h10-11,13-15H,3-9,12H2,1-2H3. The molecular formula is C22H27ClN2O4. The highest BCUT2D eigenvalue weighted by molar-refractivity contribution is 6.32. The highest BCUT2D eigenvalue weighted by Crippen LogP contribution is 2.29. The van der Waals surface area contributed by atoms with Crippen molar-refractivity contribution in [3.8, 4) is 5.75 Å². The summed E-state index contributed by atoms with van der Waals surface area (Å²) in [5.41, 5.74) is 0.518. The first-order valence-corrected chi connectivity index (χ1v) is 10.5. The van der Waals surface area contributed by atoms with Crippen LogP contribution in [0.25, 0.3) is 6.08 Å². The van der Waals surface area contributed by atoms with Crippen molar-refractivity contribution in [2.45, 2.75) is 44.9 Å². The Kier molecular flexibility index (Phi) is 6.96. The minimum atomic E-state index is -0.646. The molecule has 1 aliphatic carbocycles. The van der Waals surface area contributed by atoms with Crippen LogP contribution in [0.15, 0.2) is 23.8 Å². The van der Waals surface area contributed by atoms with E-state index in [4.69, 9.17) is 16.3 Å². The fraction of sp³-hybridized carbons (Fsp3) is 0.500. The Morgan fingerprint density at radius 2 is 1.72 bits per heavy atom. The van der Waals surface area contributed by atoms with E-state index in [1.54, 1.807) is 18.2 Å². The van der Waals surface area contributed by atoms with Crippen LogP contribution in [-0.4, -0.2) is 48.3 Å². The normalized spacial score (nSPS) is 18.4. The Hall–Kier alpha value is -2.34. The van der Waals surface area contributed by atoms with Gasteiger partial charge in [-0.05, 0) is 42.5 Å². The number of rotatable bonds is 6. The van der Waals surface area contributed by atoms with E-state index in [1.165, 1.54) is 58.7 Å². The van der Waals surface area contributed by atoms with E-state index in [9.17, 15) is 14.4 Å². The number of carbonyl (C=O) groups is 3. The molecule has 7 heteroatoms. The van der Waals surface area contributed by atoms with Crippen molar-refractivity contribution in [1.82, 2.24) is 9.80 Å². The summed E-state index contributed by atoms with van der Waals surface area (Å²) in [5.74, 6) is 0.156. The van der Waals surface area contributed by atoms with Gasteiger partial charge in [-0.25, -0.2) is 4.79 Å². The van der Waals surface area contributed by atoms with Crippen molar-refractivity contribution in [3.05, 3.63) is 34.4 Å². The monoisotopic (exact) mass is 418 g/mol. The lowest BCUT2D eigenvalue weighted by Gasteiger charge is -2.28. The molecule has 6 nitrogen and oxygen atoms in total. The molecule has 1 aliphatic heterocycles. The summed E-state index contributed by atoms with van der Waals surface area (Å²) in [6, 6.07) is 4.49. The zero-order valence-corrected chi connectivity index (χ0v) is 17.7. The SMILES string of the molecule is CN1C(=O)C(=Cc2ccc(OCCCC3CCCCC3)c(Cl)c2)C(=O)N(C)C1=O. The van der Waals surface area contributed by atoms with Gasteiger partial charge in [0.15, 0.2) is 0 Å². The van der Waals surface area contributed by atoms with Gasteiger partial charge in [-0.2, -0.15) is 0 Å². The average Bonchev–Trinajstić information content (AvgIpc) is 2.73. The lowest BCUT2D eigenvalue weighted by atomic mass is 9.86. The molecule has 3 rings (SSSR count). The topological polar surface area (TPSA) is 66.9 Å². The molecule has 0 aromatic heterocycles. The van der Waals surface area contributed by atoms with Crippen LogP contribution in [0.3, 0.4) is 0 Å². The number of imide groups is 2. The zero-order chi connectivity index (χ0) is 21.0. The van der Waals surface area contributed by atoms with Crippen LogP contribution in [0.2, 0.25) is 5.02 Å². The van der Waals surface area contributed by atoms with E-state index in [0.717, 1.165) is 22.1 Å². The predicted octanol–water partition coefficient (Wildman–Crippen LogP) is 4.51. The van der Waals surface area contributed by atoms with E-state index in [-0.39, 0.29) is 5.57 Å². The largest absolute Gasteiger partial charge is 0.492 e. The molecule has 4 amide bonds. The Morgan fingerprint density at radius 1 is 1.07 bits per heavy atom. The molecule has 0 spiro atoms. The number of urea groups is 1. The smallest absolute Gasteiger partial charge is 0.333 e. The van der Waals surface area contributed by atoms with Gasteiger partial charge in [0.25, 0.3) is 11.8 Å². The molecular weight excluding hydrogens is 392 g/mol. The molecule has 0 N–H and O–H groups in total. The van der Waals surface area contributed by atoms with Gasteiger partial charge in [-0.1, -0.05) is 49.8 Å². The second-order valence-corrected chi connectivity index (χ2v) is 8.16. The molecule has 0 radical (unpaired) electrons. The second kappa shape index (κ2) is 9.44. The highest BCUT2D eigenvalue weighted by atomic mass is 35.5. The molecule has 2 fully saturated rings. The third-order valence-corrected chi connectivity index (χ3v) is 5.95. The first kappa shape index (κ1) is 21.4. The Morgan fingerprint density at radius 3 is 2.34 bits per heavy atom. The Balaban J connectivity index is 1.61. The fourth-order valence-electron chi connectivity index (χ4n) is 3.90. The number of benzene rings is 1. The lowest BCUT2D eigenvalue weighted by molar-refractivity contribution is -0.134. The third-order valence-electron chi connectivity index (χ3n) is 5.65. The average molecular weight is 419 g/mol. The first-order valence-electron chi connectivity index (χ1n) is 10.1. The molecule has 0 bridgehead atoms. The zero-order valence-electron chi connectivity index (χ0n) is 16.9. The van der Waals surface area contributed by atoms with Gasteiger partial charge in [0.2, 0.25) is 0 Å². The number of halogens is 1. The molecule has 1 aromatic carbocycles. The Bertz CT molecular complexity index is 804. The van der Waals surface area contributed by atoms with Gasteiger partial charge >= 0.3 is 6.03 Å².